The van der Waals surface area contributed by atoms with Gasteiger partial charge in [0.1, 0.15) is 11.0 Å². The molecule has 4 aromatic heterocycles. The third-order valence-corrected chi connectivity index (χ3v) is 11.8. The van der Waals surface area contributed by atoms with Crippen LogP contribution >= 0.6 is 11.6 Å². The predicted molar refractivity (Wildman–Crippen MR) is 232 cm³/mol. The SMILES string of the molecule is CN1Cc2nc(Cl)cc(Nc3ccccc3S(C)(=O)=O)c2C1=O.Cc1ccc(Cc2cc(Nc3ccccc3S(C)(=O)=O)c3c(n2)CN(C)C3=O)nn1.Cc1ccc(N)nn1. The summed E-state index contributed by atoms with van der Waals surface area (Å²) >= 11 is 6.02. The van der Waals surface area contributed by atoms with Gasteiger partial charge in [0, 0.05) is 38.7 Å². The number of hydrogen-bond donors (Lipinski definition) is 3. The van der Waals surface area contributed by atoms with Crippen LogP contribution in [0.2, 0.25) is 5.15 Å². The number of amides is 2. The number of sulfone groups is 2. The Bertz CT molecular complexity index is 2840. The van der Waals surface area contributed by atoms with E-state index in [4.69, 9.17) is 17.3 Å². The van der Waals surface area contributed by atoms with Gasteiger partial charge in [-0.25, -0.2) is 21.8 Å². The molecule has 2 amide bonds. The highest BCUT2D eigenvalue weighted by Crippen LogP contribution is 2.35. The van der Waals surface area contributed by atoms with Crippen LogP contribution in [0, 0.1) is 13.8 Å². The number of fused-ring (bicyclic) bond motifs is 2. The number of hydrogen-bond acceptors (Lipinski definition) is 15. The van der Waals surface area contributed by atoms with E-state index in [9.17, 15) is 26.4 Å². The molecular formula is C41H42ClN11O6S2. The first-order valence-electron chi connectivity index (χ1n) is 18.5. The number of nitrogens with zero attached hydrogens (tertiary/aromatic N) is 8. The number of rotatable bonds is 8. The molecule has 4 N–H and O–H groups in total. The van der Waals surface area contributed by atoms with Gasteiger partial charge in [-0.1, -0.05) is 35.9 Å². The Labute approximate surface area is 358 Å². The second kappa shape index (κ2) is 18.0. The molecule has 2 aliphatic rings. The summed E-state index contributed by atoms with van der Waals surface area (Å²) in [5.74, 6) is 0.137. The normalized spacial score (nSPS) is 13.1. The maximum absolute atomic E-state index is 12.7. The Morgan fingerprint density at radius 3 is 1.56 bits per heavy atom. The van der Waals surface area contributed by atoms with Gasteiger partial charge >= 0.3 is 0 Å². The largest absolute Gasteiger partial charge is 0.382 e. The molecule has 0 radical (unpaired) electrons. The van der Waals surface area contributed by atoms with E-state index in [2.05, 4.69) is 41.0 Å². The fourth-order valence-corrected chi connectivity index (χ4v) is 8.28. The monoisotopic (exact) mass is 883 g/mol. The van der Waals surface area contributed by atoms with Crippen molar-refractivity contribution in [2.75, 3.05) is 43.0 Å². The highest BCUT2D eigenvalue weighted by atomic mass is 35.5. The maximum atomic E-state index is 12.7. The number of halogens is 1. The average molecular weight is 884 g/mol. The van der Waals surface area contributed by atoms with Crippen molar-refractivity contribution < 1.29 is 26.4 Å². The van der Waals surface area contributed by atoms with Crippen molar-refractivity contribution in [2.24, 2.45) is 0 Å². The molecule has 17 nitrogen and oxygen atoms in total. The number of benzene rings is 2. The number of aryl methyl sites for hydroxylation is 2. The molecule has 0 unspecified atom stereocenters. The van der Waals surface area contributed by atoms with Gasteiger partial charge in [-0.2, -0.15) is 15.3 Å². The van der Waals surface area contributed by atoms with Crippen molar-refractivity contribution in [2.45, 2.75) is 43.1 Å². The summed E-state index contributed by atoms with van der Waals surface area (Å²) in [6, 6.07) is 23.8. The first-order chi connectivity index (χ1) is 28.8. The van der Waals surface area contributed by atoms with Crippen molar-refractivity contribution in [1.29, 1.82) is 0 Å². The lowest BCUT2D eigenvalue weighted by molar-refractivity contribution is 0.0809. The molecule has 20 heteroatoms. The Kier molecular flexibility index (Phi) is 13.0. The molecule has 0 saturated carbocycles. The van der Waals surface area contributed by atoms with E-state index >= 15 is 0 Å². The first kappa shape index (κ1) is 44.0. The minimum absolute atomic E-state index is 0.153. The fourth-order valence-electron chi connectivity index (χ4n) is 6.38. The van der Waals surface area contributed by atoms with Gasteiger partial charge in [0.15, 0.2) is 19.7 Å². The van der Waals surface area contributed by atoms with E-state index in [1.807, 2.05) is 32.0 Å². The van der Waals surface area contributed by atoms with Crippen molar-refractivity contribution in [3.05, 3.63) is 135 Å². The minimum atomic E-state index is -3.45. The van der Waals surface area contributed by atoms with Gasteiger partial charge in [-0.15, -0.1) is 5.10 Å². The van der Waals surface area contributed by atoms with Crippen LogP contribution in [0.5, 0.6) is 0 Å². The zero-order valence-electron chi connectivity index (χ0n) is 34.0. The van der Waals surface area contributed by atoms with Crippen LogP contribution in [-0.2, 0) is 39.2 Å². The summed E-state index contributed by atoms with van der Waals surface area (Å²) in [5.41, 5.74) is 12.3. The molecule has 0 saturated heterocycles. The lowest BCUT2D eigenvalue weighted by Gasteiger charge is -2.14. The molecule has 6 heterocycles. The topological polar surface area (TPSA) is 236 Å². The Morgan fingerprint density at radius 1 is 0.623 bits per heavy atom. The predicted octanol–water partition coefficient (Wildman–Crippen LogP) is 5.34. The zero-order valence-corrected chi connectivity index (χ0v) is 36.4. The lowest BCUT2D eigenvalue weighted by atomic mass is 10.1. The molecule has 316 valence electrons. The van der Waals surface area contributed by atoms with Crippen LogP contribution < -0.4 is 16.4 Å². The molecule has 0 atom stereocenters. The van der Waals surface area contributed by atoms with Crippen LogP contribution in [0.25, 0.3) is 0 Å². The number of nitrogen functional groups attached to an aromatic ring is 1. The van der Waals surface area contributed by atoms with Gasteiger partial charge < -0.3 is 26.2 Å². The minimum Gasteiger partial charge on any atom is -0.382 e. The second-order valence-corrected chi connectivity index (χ2v) is 18.7. The second-order valence-electron chi connectivity index (χ2n) is 14.3. The highest BCUT2D eigenvalue weighted by Gasteiger charge is 2.31. The molecule has 0 bridgehead atoms. The van der Waals surface area contributed by atoms with E-state index in [0.29, 0.717) is 76.3 Å². The van der Waals surface area contributed by atoms with Gasteiger partial charge in [0.2, 0.25) is 0 Å². The van der Waals surface area contributed by atoms with E-state index in [1.165, 1.54) is 23.1 Å². The molecule has 2 aliphatic heterocycles. The van der Waals surface area contributed by atoms with Gasteiger partial charge in [0.05, 0.1) is 85.2 Å². The Hall–Kier alpha value is -6.57. The third kappa shape index (κ3) is 10.6. The molecule has 0 spiro atoms. The number of carbonyl (C=O) groups is 2. The fraction of sp³-hybridized carbons (Fsp3) is 0.220. The zero-order chi connectivity index (χ0) is 44.2. The number of pyridine rings is 2. The quantitative estimate of drug-likeness (QED) is 0.164. The Morgan fingerprint density at radius 2 is 1.10 bits per heavy atom. The van der Waals surface area contributed by atoms with Crippen molar-refractivity contribution in [3.63, 3.8) is 0 Å². The van der Waals surface area contributed by atoms with Gasteiger partial charge in [-0.05, 0) is 74.5 Å². The first-order valence-corrected chi connectivity index (χ1v) is 22.6. The standard InChI is InChI=1S/C21H21N5O3S.C15H14ClN3O3S.C5H7N3/c1-13-8-9-14(25-24-13)10-15-11-17(20-18(22-15)12-26(2)21(20)27)23-16-6-4-5-7-19(16)30(3,28)29;1-19-8-11-14(15(19)20)10(7-13(16)18-11)17-9-5-3-4-6-12(9)23(2,21)22;1-4-2-3-5(6)8-7-4/h4-9,11H,10,12H2,1-3H3,(H,22,23);3-7H,8H2,1-2H3,(H,17,18);2-3H,1H3,(H2,6,8). The van der Waals surface area contributed by atoms with E-state index in [-0.39, 0.29) is 26.8 Å². The summed E-state index contributed by atoms with van der Waals surface area (Å²) in [7, 11) is -3.47. The number of anilines is 5. The summed E-state index contributed by atoms with van der Waals surface area (Å²) < 4.78 is 48.2. The average Bonchev–Trinajstić information content (AvgIpc) is 3.65. The smallest absolute Gasteiger partial charge is 0.257 e. The third-order valence-electron chi connectivity index (χ3n) is 9.25. The van der Waals surface area contributed by atoms with Crippen molar-refractivity contribution in [1.82, 2.24) is 40.2 Å². The summed E-state index contributed by atoms with van der Waals surface area (Å²) in [5, 5.41) is 22.0. The van der Waals surface area contributed by atoms with E-state index < -0.39 is 19.7 Å². The summed E-state index contributed by atoms with van der Waals surface area (Å²) in [6.45, 7) is 4.50. The number of aromatic nitrogens is 6. The Balaban J connectivity index is 0.000000177. The van der Waals surface area contributed by atoms with Crippen LogP contribution in [0.3, 0.4) is 0 Å². The molecule has 61 heavy (non-hydrogen) atoms. The van der Waals surface area contributed by atoms with Crippen LogP contribution in [0.15, 0.2) is 94.7 Å². The number of nitrogens with two attached hydrogens (primary N) is 1. The highest BCUT2D eigenvalue weighted by molar-refractivity contribution is 7.91. The van der Waals surface area contributed by atoms with Gasteiger partial charge in [-0.3, -0.25) is 14.6 Å². The number of carbonyl (C=O) groups excluding carboxylic acids is 2. The molecule has 0 fully saturated rings. The molecule has 0 aliphatic carbocycles. The van der Waals surface area contributed by atoms with E-state index in [1.54, 1.807) is 67.5 Å². The van der Waals surface area contributed by atoms with Crippen LogP contribution in [0.4, 0.5) is 28.6 Å². The van der Waals surface area contributed by atoms with Crippen molar-refractivity contribution >= 4 is 71.7 Å². The van der Waals surface area contributed by atoms with Crippen LogP contribution in [0.1, 0.15) is 54.9 Å². The summed E-state index contributed by atoms with van der Waals surface area (Å²) in [6.07, 6.45) is 2.74. The van der Waals surface area contributed by atoms with Gasteiger partial charge in [0.25, 0.3) is 11.8 Å². The lowest BCUT2D eigenvalue weighted by Crippen LogP contribution is -2.18. The number of para-hydroxylation sites is 2. The molecule has 6 aromatic rings. The molecule has 2 aromatic carbocycles. The molecule has 8 rings (SSSR count). The van der Waals surface area contributed by atoms with Crippen LogP contribution in [-0.4, -0.2) is 95.4 Å². The molecular weight excluding hydrogens is 842 g/mol. The van der Waals surface area contributed by atoms with Crippen molar-refractivity contribution in [3.8, 4) is 0 Å². The van der Waals surface area contributed by atoms with E-state index in [0.717, 1.165) is 29.6 Å². The number of nitrogens with one attached hydrogen (secondary N) is 2. The summed E-state index contributed by atoms with van der Waals surface area (Å²) in [4.78, 5) is 37.3. The maximum Gasteiger partial charge on any atom is 0.257 e.